The average Bonchev–Trinajstić information content (AvgIpc) is 2.77. The second-order valence-corrected chi connectivity index (χ2v) is 8.52. The van der Waals surface area contributed by atoms with Gasteiger partial charge in [-0.3, -0.25) is 4.90 Å². The largest absolute Gasteiger partial charge is 0.368 e. The van der Waals surface area contributed by atoms with Crippen molar-refractivity contribution in [3.63, 3.8) is 0 Å². The molecule has 0 amide bonds. The van der Waals surface area contributed by atoms with E-state index in [1.165, 1.54) is 17.4 Å². The Labute approximate surface area is 127 Å². The van der Waals surface area contributed by atoms with Crippen LogP contribution in [0.4, 0.5) is 0 Å². The molecule has 1 spiro atoms. The third kappa shape index (κ3) is 3.30. The Morgan fingerprint density at radius 2 is 2.14 bits per heavy atom. The zero-order valence-corrected chi connectivity index (χ0v) is 13.4. The summed E-state index contributed by atoms with van der Waals surface area (Å²) in [6.07, 6.45) is 4.12. The fourth-order valence-electron chi connectivity index (χ4n) is 3.57. The second kappa shape index (κ2) is 5.71. The number of rotatable bonds is 4. The molecule has 0 N–H and O–H groups in total. The number of sulfone groups is 1. The van der Waals surface area contributed by atoms with Crippen LogP contribution in [-0.4, -0.2) is 51.6 Å². The van der Waals surface area contributed by atoms with E-state index in [1.54, 1.807) is 0 Å². The van der Waals surface area contributed by atoms with E-state index in [0.29, 0.717) is 6.42 Å². The molecule has 2 aliphatic rings. The highest BCUT2D eigenvalue weighted by Gasteiger charge is 2.42. The summed E-state index contributed by atoms with van der Waals surface area (Å²) in [6, 6.07) is 8.54. The Kier molecular flexibility index (Phi) is 4.08. The van der Waals surface area contributed by atoms with Gasteiger partial charge in [-0.15, -0.1) is 0 Å². The molecule has 1 aliphatic heterocycles. The monoisotopic (exact) mass is 309 g/mol. The molecule has 1 atom stereocenters. The first-order chi connectivity index (χ1) is 9.99. The van der Waals surface area contributed by atoms with E-state index in [2.05, 4.69) is 29.2 Å². The Morgan fingerprint density at radius 3 is 2.95 bits per heavy atom. The topological polar surface area (TPSA) is 46.6 Å². The van der Waals surface area contributed by atoms with Gasteiger partial charge in [-0.05, 0) is 36.9 Å². The van der Waals surface area contributed by atoms with Crippen LogP contribution < -0.4 is 0 Å². The van der Waals surface area contributed by atoms with Gasteiger partial charge in [-0.1, -0.05) is 24.3 Å². The standard InChI is InChI=1S/C16H23NO3S/c1-21(18,19)12-4-9-17-10-11-20-16(13-17)8-7-14-5-2-3-6-15(14)16/h2-3,5-6H,4,7-13H2,1H3/t16-/m1/s1. The van der Waals surface area contributed by atoms with E-state index in [9.17, 15) is 8.42 Å². The molecule has 0 aromatic heterocycles. The molecule has 21 heavy (non-hydrogen) atoms. The van der Waals surface area contributed by atoms with Crippen molar-refractivity contribution in [1.29, 1.82) is 0 Å². The van der Waals surface area contributed by atoms with Crippen LogP contribution in [-0.2, 0) is 26.6 Å². The lowest BCUT2D eigenvalue weighted by Gasteiger charge is -2.41. The second-order valence-electron chi connectivity index (χ2n) is 6.26. The summed E-state index contributed by atoms with van der Waals surface area (Å²) in [7, 11) is -2.86. The summed E-state index contributed by atoms with van der Waals surface area (Å²) in [4.78, 5) is 2.36. The van der Waals surface area contributed by atoms with Crippen LogP contribution in [0.1, 0.15) is 24.0 Å². The smallest absolute Gasteiger partial charge is 0.147 e. The van der Waals surface area contributed by atoms with Crippen molar-refractivity contribution in [2.45, 2.75) is 24.9 Å². The van der Waals surface area contributed by atoms with Crippen molar-refractivity contribution in [3.8, 4) is 0 Å². The van der Waals surface area contributed by atoms with Crippen LogP contribution in [0.5, 0.6) is 0 Å². The average molecular weight is 309 g/mol. The lowest BCUT2D eigenvalue weighted by Crippen LogP contribution is -2.49. The van der Waals surface area contributed by atoms with E-state index in [1.807, 2.05) is 0 Å². The highest BCUT2D eigenvalue weighted by atomic mass is 32.2. The Balaban J connectivity index is 1.67. The minimum Gasteiger partial charge on any atom is -0.368 e. The highest BCUT2D eigenvalue weighted by molar-refractivity contribution is 7.90. The van der Waals surface area contributed by atoms with Gasteiger partial charge < -0.3 is 4.74 Å². The fourth-order valence-corrected chi connectivity index (χ4v) is 4.22. The van der Waals surface area contributed by atoms with Gasteiger partial charge in [0, 0.05) is 19.3 Å². The van der Waals surface area contributed by atoms with Crippen LogP contribution in [0.25, 0.3) is 0 Å². The molecule has 5 heteroatoms. The maximum absolute atomic E-state index is 11.2. The van der Waals surface area contributed by atoms with Crippen molar-refractivity contribution in [2.24, 2.45) is 0 Å². The highest BCUT2D eigenvalue weighted by Crippen LogP contribution is 2.42. The lowest BCUT2D eigenvalue weighted by atomic mass is 9.93. The molecular formula is C16H23NO3S. The van der Waals surface area contributed by atoms with Crippen molar-refractivity contribution >= 4 is 9.84 Å². The van der Waals surface area contributed by atoms with Gasteiger partial charge >= 0.3 is 0 Å². The summed E-state index contributed by atoms with van der Waals surface area (Å²) in [6.45, 7) is 3.34. The van der Waals surface area contributed by atoms with Crippen LogP contribution in [0.15, 0.2) is 24.3 Å². The number of ether oxygens (including phenoxy) is 1. The van der Waals surface area contributed by atoms with E-state index in [4.69, 9.17) is 4.74 Å². The minimum atomic E-state index is -2.86. The van der Waals surface area contributed by atoms with E-state index < -0.39 is 9.84 Å². The first-order valence-corrected chi connectivity index (χ1v) is 9.67. The van der Waals surface area contributed by atoms with Gasteiger partial charge in [0.25, 0.3) is 0 Å². The molecule has 1 heterocycles. The van der Waals surface area contributed by atoms with Crippen LogP contribution in [0.3, 0.4) is 0 Å². The van der Waals surface area contributed by atoms with Crippen molar-refractivity contribution in [3.05, 3.63) is 35.4 Å². The number of nitrogens with zero attached hydrogens (tertiary/aromatic N) is 1. The predicted molar refractivity (Wildman–Crippen MR) is 83.2 cm³/mol. The van der Waals surface area contributed by atoms with Crippen molar-refractivity contribution in [1.82, 2.24) is 4.90 Å². The molecule has 1 aromatic carbocycles. The molecule has 1 saturated heterocycles. The van der Waals surface area contributed by atoms with Crippen LogP contribution in [0, 0.1) is 0 Å². The zero-order chi connectivity index (χ0) is 14.9. The van der Waals surface area contributed by atoms with Gasteiger partial charge in [-0.25, -0.2) is 8.42 Å². The first-order valence-electron chi connectivity index (χ1n) is 7.61. The molecule has 0 unspecified atom stereocenters. The number of fused-ring (bicyclic) bond motifs is 2. The maximum atomic E-state index is 11.2. The molecule has 3 rings (SSSR count). The summed E-state index contributed by atoms with van der Waals surface area (Å²) in [5.41, 5.74) is 2.56. The third-order valence-corrected chi connectivity index (χ3v) is 5.59. The van der Waals surface area contributed by atoms with Gasteiger partial charge in [-0.2, -0.15) is 0 Å². The Morgan fingerprint density at radius 1 is 1.33 bits per heavy atom. The Hall–Kier alpha value is -0.910. The summed E-state index contributed by atoms with van der Waals surface area (Å²) in [5.74, 6) is 0.272. The number of benzene rings is 1. The zero-order valence-electron chi connectivity index (χ0n) is 12.5. The summed E-state index contributed by atoms with van der Waals surface area (Å²) in [5, 5.41) is 0. The molecular weight excluding hydrogens is 286 g/mol. The number of hydrogen-bond donors (Lipinski definition) is 0. The van der Waals surface area contributed by atoms with Crippen molar-refractivity contribution < 1.29 is 13.2 Å². The molecule has 1 aliphatic carbocycles. The normalized spacial score (nSPS) is 26.1. The van der Waals surface area contributed by atoms with E-state index in [0.717, 1.165) is 39.1 Å². The summed E-state index contributed by atoms with van der Waals surface area (Å²) < 4.78 is 28.7. The first kappa shape index (κ1) is 15.0. The quantitative estimate of drug-likeness (QED) is 0.847. The fraction of sp³-hybridized carbons (Fsp3) is 0.625. The van der Waals surface area contributed by atoms with E-state index >= 15 is 0 Å². The molecule has 0 bridgehead atoms. The lowest BCUT2D eigenvalue weighted by molar-refractivity contribution is -0.113. The molecule has 0 radical (unpaired) electrons. The molecule has 0 saturated carbocycles. The van der Waals surface area contributed by atoms with Gasteiger partial charge in [0.2, 0.25) is 0 Å². The van der Waals surface area contributed by atoms with Gasteiger partial charge in [0.15, 0.2) is 0 Å². The molecule has 4 nitrogen and oxygen atoms in total. The number of aryl methyl sites for hydroxylation is 1. The SMILES string of the molecule is CS(=O)(=O)CCCN1CCO[C@]2(CCc3ccccc32)C1. The van der Waals surface area contributed by atoms with E-state index in [-0.39, 0.29) is 11.4 Å². The van der Waals surface area contributed by atoms with Gasteiger partial charge in [0.05, 0.1) is 12.4 Å². The third-order valence-electron chi connectivity index (χ3n) is 4.56. The molecule has 1 fully saturated rings. The van der Waals surface area contributed by atoms with Gasteiger partial charge in [0.1, 0.15) is 15.4 Å². The number of hydrogen-bond acceptors (Lipinski definition) is 4. The Bertz CT molecular complexity index is 610. The molecule has 116 valence electrons. The summed E-state index contributed by atoms with van der Waals surface area (Å²) >= 11 is 0. The van der Waals surface area contributed by atoms with Crippen LogP contribution >= 0.6 is 0 Å². The maximum Gasteiger partial charge on any atom is 0.147 e. The molecule has 1 aromatic rings. The van der Waals surface area contributed by atoms with Crippen LogP contribution in [0.2, 0.25) is 0 Å². The number of morpholine rings is 1. The van der Waals surface area contributed by atoms with Crippen molar-refractivity contribution in [2.75, 3.05) is 38.2 Å². The predicted octanol–water partition coefficient (Wildman–Crippen LogP) is 1.59. The minimum absolute atomic E-state index is 0.167.